The van der Waals surface area contributed by atoms with Crippen LogP contribution in [0.5, 0.6) is 11.5 Å². The van der Waals surface area contributed by atoms with Gasteiger partial charge in [-0.25, -0.2) is 0 Å². The van der Waals surface area contributed by atoms with Crippen LogP contribution in [-0.2, 0) is 0 Å². The largest absolute Gasteiger partial charge is 0.457 e. The maximum Gasteiger partial charge on any atom is 0.160 e. The minimum Gasteiger partial charge on any atom is -0.457 e. The van der Waals surface area contributed by atoms with Crippen LogP contribution in [0.4, 0.5) is 0 Å². The molecule has 19 heavy (non-hydrogen) atoms. The van der Waals surface area contributed by atoms with Gasteiger partial charge < -0.3 is 4.74 Å². The van der Waals surface area contributed by atoms with Crippen LogP contribution < -0.4 is 4.74 Å². The van der Waals surface area contributed by atoms with E-state index in [-0.39, 0.29) is 5.78 Å². The molecule has 0 saturated heterocycles. The number of nitriles is 1. The number of carbonyl (C=O) groups is 1. The molecule has 4 heteroatoms. The third-order valence-electron chi connectivity index (χ3n) is 2.52. The molecule has 0 spiro atoms. The molecule has 0 aliphatic rings. The van der Waals surface area contributed by atoms with Crippen molar-refractivity contribution < 1.29 is 9.53 Å². The number of carbonyl (C=O) groups excluding carboxylic acids is 1. The Morgan fingerprint density at radius 2 is 1.95 bits per heavy atom. The summed E-state index contributed by atoms with van der Waals surface area (Å²) >= 11 is 3.34. The number of Topliss-reactive ketones (excluding diaryl/α,β-unsaturated/α-hetero) is 1. The van der Waals surface area contributed by atoms with Gasteiger partial charge in [0.2, 0.25) is 0 Å². The van der Waals surface area contributed by atoms with E-state index in [1.165, 1.54) is 6.92 Å². The Kier molecular flexibility index (Phi) is 3.98. The van der Waals surface area contributed by atoms with E-state index in [1.807, 2.05) is 0 Å². The maximum atomic E-state index is 11.3. The van der Waals surface area contributed by atoms with Crippen LogP contribution in [0.1, 0.15) is 22.8 Å². The molecule has 0 unspecified atom stereocenters. The summed E-state index contributed by atoms with van der Waals surface area (Å²) in [6.07, 6.45) is 0. The summed E-state index contributed by atoms with van der Waals surface area (Å²) in [6.45, 7) is 1.51. The summed E-state index contributed by atoms with van der Waals surface area (Å²) in [5.74, 6) is 1.18. The van der Waals surface area contributed by atoms with Gasteiger partial charge in [-0.1, -0.05) is 6.07 Å². The maximum absolute atomic E-state index is 11.3. The van der Waals surface area contributed by atoms with Crippen molar-refractivity contribution >= 4 is 21.7 Å². The number of halogens is 1. The van der Waals surface area contributed by atoms with Crippen molar-refractivity contribution in [1.82, 2.24) is 0 Å². The third-order valence-corrected chi connectivity index (χ3v) is 3.17. The molecule has 0 amide bonds. The topological polar surface area (TPSA) is 50.1 Å². The molecule has 0 aliphatic heterocycles. The molecule has 0 heterocycles. The summed E-state index contributed by atoms with van der Waals surface area (Å²) in [7, 11) is 0. The lowest BCUT2D eigenvalue weighted by Gasteiger charge is -2.07. The standard InChI is InChI=1S/C15H10BrNO2/c1-10(18)14-6-5-13(8-15(14)16)19-12-4-2-3-11(7-12)9-17/h2-8H,1H3. The van der Waals surface area contributed by atoms with Crippen molar-refractivity contribution in [2.75, 3.05) is 0 Å². The van der Waals surface area contributed by atoms with Gasteiger partial charge in [-0.15, -0.1) is 0 Å². The van der Waals surface area contributed by atoms with Crippen LogP contribution in [0.2, 0.25) is 0 Å². The van der Waals surface area contributed by atoms with Crippen LogP contribution in [-0.4, -0.2) is 5.78 Å². The number of rotatable bonds is 3. The normalized spacial score (nSPS) is 9.74. The lowest BCUT2D eigenvalue weighted by Crippen LogP contribution is -1.94. The van der Waals surface area contributed by atoms with Gasteiger partial charge in [0.05, 0.1) is 11.6 Å². The van der Waals surface area contributed by atoms with Gasteiger partial charge in [0, 0.05) is 10.0 Å². The highest BCUT2D eigenvalue weighted by Gasteiger charge is 2.07. The van der Waals surface area contributed by atoms with Crippen LogP contribution in [0.15, 0.2) is 46.9 Å². The van der Waals surface area contributed by atoms with E-state index >= 15 is 0 Å². The van der Waals surface area contributed by atoms with E-state index in [9.17, 15) is 4.79 Å². The van der Waals surface area contributed by atoms with Gasteiger partial charge in [0.15, 0.2) is 5.78 Å². The van der Waals surface area contributed by atoms with Crippen molar-refractivity contribution in [3.63, 3.8) is 0 Å². The van der Waals surface area contributed by atoms with Crippen molar-refractivity contribution in [3.8, 4) is 17.6 Å². The summed E-state index contributed by atoms with van der Waals surface area (Å²) in [4.78, 5) is 11.3. The molecule has 2 aromatic carbocycles. The smallest absolute Gasteiger partial charge is 0.160 e. The van der Waals surface area contributed by atoms with Crippen molar-refractivity contribution in [2.24, 2.45) is 0 Å². The van der Waals surface area contributed by atoms with E-state index in [1.54, 1.807) is 42.5 Å². The second-order valence-electron chi connectivity index (χ2n) is 3.94. The zero-order valence-electron chi connectivity index (χ0n) is 10.2. The SMILES string of the molecule is CC(=O)c1ccc(Oc2cccc(C#N)c2)cc1Br. The predicted molar refractivity (Wildman–Crippen MR) is 75.4 cm³/mol. The molecular formula is C15H10BrNO2. The molecule has 0 fully saturated rings. The Labute approximate surface area is 119 Å². The van der Waals surface area contributed by atoms with Crippen molar-refractivity contribution in [1.29, 1.82) is 5.26 Å². The zero-order chi connectivity index (χ0) is 13.8. The number of hydrogen-bond acceptors (Lipinski definition) is 3. The fourth-order valence-electron chi connectivity index (χ4n) is 1.61. The van der Waals surface area contributed by atoms with Crippen LogP contribution in [0.25, 0.3) is 0 Å². The fraction of sp³-hybridized carbons (Fsp3) is 0.0667. The number of ketones is 1. The lowest BCUT2D eigenvalue weighted by molar-refractivity contribution is 0.101. The van der Waals surface area contributed by atoms with Crippen LogP contribution in [0, 0.1) is 11.3 Å². The molecule has 0 saturated carbocycles. The number of ether oxygens (including phenoxy) is 1. The third kappa shape index (κ3) is 3.21. The molecule has 0 aliphatic carbocycles. The van der Waals surface area contributed by atoms with Gasteiger partial charge >= 0.3 is 0 Å². The van der Waals surface area contributed by atoms with Gasteiger partial charge in [-0.3, -0.25) is 4.79 Å². The van der Waals surface area contributed by atoms with E-state index in [2.05, 4.69) is 22.0 Å². The molecule has 94 valence electrons. The number of benzene rings is 2. The molecular weight excluding hydrogens is 306 g/mol. The lowest BCUT2D eigenvalue weighted by atomic mass is 10.1. The Balaban J connectivity index is 2.26. The number of hydrogen-bond donors (Lipinski definition) is 0. The van der Waals surface area contributed by atoms with Crippen LogP contribution >= 0.6 is 15.9 Å². The minimum atomic E-state index is -0.00935. The first-order chi connectivity index (χ1) is 9.10. The monoisotopic (exact) mass is 315 g/mol. The molecule has 2 aromatic rings. The van der Waals surface area contributed by atoms with Crippen molar-refractivity contribution in [2.45, 2.75) is 6.92 Å². The average molecular weight is 316 g/mol. The van der Waals surface area contributed by atoms with Gasteiger partial charge in [-0.05, 0) is 59.3 Å². The summed E-state index contributed by atoms with van der Waals surface area (Å²) in [6, 6.07) is 14.1. The van der Waals surface area contributed by atoms with E-state index in [4.69, 9.17) is 10.00 Å². The van der Waals surface area contributed by atoms with Gasteiger partial charge in [0.25, 0.3) is 0 Å². The highest BCUT2D eigenvalue weighted by atomic mass is 79.9. The Hall–Kier alpha value is -2.12. The minimum absolute atomic E-state index is 0.00935. The summed E-state index contributed by atoms with van der Waals surface area (Å²) < 4.78 is 6.33. The molecule has 2 rings (SSSR count). The fourth-order valence-corrected chi connectivity index (χ4v) is 2.25. The first-order valence-electron chi connectivity index (χ1n) is 5.58. The van der Waals surface area contributed by atoms with Crippen molar-refractivity contribution in [3.05, 3.63) is 58.1 Å². The molecule has 0 bridgehead atoms. The van der Waals surface area contributed by atoms with E-state index in [0.29, 0.717) is 27.1 Å². The van der Waals surface area contributed by atoms with E-state index < -0.39 is 0 Å². The molecule has 0 aromatic heterocycles. The highest BCUT2D eigenvalue weighted by Crippen LogP contribution is 2.27. The average Bonchev–Trinajstić information content (AvgIpc) is 2.38. The Morgan fingerprint density at radius 1 is 1.21 bits per heavy atom. The molecule has 3 nitrogen and oxygen atoms in total. The molecule has 0 radical (unpaired) electrons. The first-order valence-corrected chi connectivity index (χ1v) is 6.38. The summed E-state index contributed by atoms with van der Waals surface area (Å²) in [5, 5.41) is 8.82. The quantitative estimate of drug-likeness (QED) is 0.793. The first kappa shape index (κ1) is 13.3. The second kappa shape index (κ2) is 5.68. The van der Waals surface area contributed by atoms with Crippen LogP contribution in [0.3, 0.4) is 0 Å². The van der Waals surface area contributed by atoms with E-state index in [0.717, 1.165) is 0 Å². The Morgan fingerprint density at radius 3 is 2.58 bits per heavy atom. The predicted octanol–water partition coefficient (Wildman–Crippen LogP) is 4.32. The molecule has 0 N–H and O–H groups in total. The zero-order valence-corrected chi connectivity index (χ0v) is 11.8. The highest BCUT2D eigenvalue weighted by molar-refractivity contribution is 9.10. The van der Waals surface area contributed by atoms with Gasteiger partial charge in [0.1, 0.15) is 11.5 Å². The molecule has 0 atom stereocenters. The Bertz CT molecular complexity index is 674. The summed E-state index contributed by atoms with van der Waals surface area (Å²) in [5.41, 5.74) is 1.15. The van der Waals surface area contributed by atoms with Gasteiger partial charge in [-0.2, -0.15) is 5.26 Å². The second-order valence-corrected chi connectivity index (χ2v) is 4.79. The number of nitrogens with zero attached hydrogens (tertiary/aromatic N) is 1.